The van der Waals surface area contributed by atoms with E-state index >= 15 is 0 Å². The lowest BCUT2D eigenvalue weighted by molar-refractivity contribution is -0.136. The topological polar surface area (TPSA) is 92.0 Å². The Morgan fingerprint density at radius 3 is 2.84 bits per heavy atom. The monoisotopic (exact) mass is 258 g/mol. The van der Waals surface area contributed by atoms with Gasteiger partial charge in [-0.2, -0.15) is 0 Å². The fourth-order valence-corrected chi connectivity index (χ4v) is 1.53. The first kappa shape index (κ1) is 12.6. The Kier molecular flexibility index (Phi) is 3.48. The Morgan fingerprint density at radius 1 is 1.32 bits per heavy atom. The quantitative estimate of drug-likeness (QED) is 0.561. The molecule has 0 aliphatic carbocycles. The van der Waals surface area contributed by atoms with Gasteiger partial charge in [-0.15, -0.1) is 0 Å². The van der Waals surface area contributed by atoms with Gasteiger partial charge in [-0.3, -0.25) is 9.78 Å². The molecule has 0 aliphatic heterocycles. The van der Waals surface area contributed by atoms with E-state index in [9.17, 15) is 14.4 Å². The summed E-state index contributed by atoms with van der Waals surface area (Å²) < 4.78 is 4.66. The average Bonchev–Trinajstić information content (AvgIpc) is 2.37. The van der Waals surface area contributed by atoms with Crippen LogP contribution in [0.3, 0.4) is 0 Å². The summed E-state index contributed by atoms with van der Waals surface area (Å²) in [5.41, 5.74) is -0.171. The van der Waals surface area contributed by atoms with Gasteiger partial charge in [-0.1, -0.05) is 5.92 Å². The molecule has 0 bridgehead atoms. The highest BCUT2D eigenvalue weighted by atomic mass is 16.5. The lowest BCUT2D eigenvalue weighted by Crippen LogP contribution is -2.21. The van der Waals surface area contributed by atoms with Gasteiger partial charge < -0.3 is 9.72 Å². The molecule has 0 unspecified atom stereocenters. The molecule has 1 aromatic heterocycles. The van der Waals surface area contributed by atoms with E-state index in [4.69, 9.17) is 0 Å². The normalized spacial score (nSPS) is 9.74. The van der Waals surface area contributed by atoms with Crippen LogP contribution in [0.15, 0.2) is 27.8 Å². The zero-order chi connectivity index (χ0) is 13.8. The molecule has 0 saturated carbocycles. The summed E-state index contributed by atoms with van der Waals surface area (Å²) in [5, 5.41) is 0.301. The molecule has 0 radical (unpaired) electrons. The van der Waals surface area contributed by atoms with Crippen LogP contribution in [0.4, 0.5) is 0 Å². The Bertz CT molecular complexity index is 805. The van der Waals surface area contributed by atoms with E-state index in [1.165, 1.54) is 6.07 Å². The number of H-pyrrole nitrogens is 2. The first-order valence-electron chi connectivity index (χ1n) is 5.55. The van der Waals surface area contributed by atoms with Crippen LogP contribution >= 0.6 is 0 Å². The van der Waals surface area contributed by atoms with Crippen molar-refractivity contribution in [3.63, 3.8) is 0 Å². The first-order chi connectivity index (χ1) is 9.10. The van der Waals surface area contributed by atoms with Crippen LogP contribution in [-0.4, -0.2) is 22.5 Å². The van der Waals surface area contributed by atoms with E-state index in [-0.39, 0.29) is 6.61 Å². The van der Waals surface area contributed by atoms with Crippen LogP contribution < -0.4 is 11.2 Å². The predicted molar refractivity (Wildman–Crippen MR) is 68.7 cm³/mol. The molecule has 1 aromatic carbocycles. The summed E-state index contributed by atoms with van der Waals surface area (Å²) in [6, 6.07) is 4.65. The number of rotatable bonds is 1. The molecule has 2 rings (SSSR count). The van der Waals surface area contributed by atoms with Crippen LogP contribution in [0.5, 0.6) is 0 Å². The summed E-state index contributed by atoms with van der Waals surface area (Å²) in [5.74, 6) is 4.27. The van der Waals surface area contributed by atoms with Crippen molar-refractivity contribution in [3.8, 4) is 11.8 Å². The summed E-state index contributed by atoms with van der Waals surface area (Å²) >= 11 is 0. The van der Waals surface area contributed by atoms with Crippen molar-refractivity contribution < 1.29 is 9.53 Å². The number of hydrogen-bond donors (Lipinski definition) is 2. The molecular formula is C13H10N2O4. The number of ether oxygens (including phenoxy) is 1. The highest BCUT2D eigenvalue weighted by Crippen LogP contribution is 2.07. The minimum atomic E-state index is -0.627. The lowest BCUT2D eigenvalue weighted by Gasteiger charge is -1.96. The second-order valence-corrected chi connectivity index (χ2v) is 3.64. The van der Waals surface area contributed by atoms with Crippen LogP contribution in [0.25, 0.3) is 10.9 Å². The van der Waals surface area contributed by atoms with E-state index in [2.05, 4.69) is 26.5 Å². The Labute approximate surface area is 107 Å². The molecule has 6 heteroatoms. The maximum absolute atomic E-state index is 11.6. The zero-order valence-corrected chi connectivity index (χ0v) is 10.1. The SMILES string of the molecule is CCOC(=O)C#Cc1ccc2[nH]c(=O)[nH]c(=O)c2c1. The molecule has 0 saturated heterocycles. The number of benzene rings is 1. The first-order valence-corrected chi connectivity index (χ1v) is 5.55. The second kappa shape index (κ2) is 5.23. The highest BCUT2D eigenvalue weighted by Gasteiger charge is 2.01. The van der Waals surface area contributed by atoms with Gasteiger partial charge in [0.15, 0.2) is 0 Å². The van der Waals surface area contributed by atoms with Crippen molar-refractivity contribution in [3.05, 3.63) is 44.6 Å². The zero-order valence-electron chi connectivity index (χ0n) is 10.1. The van der Waals surface area contributed by atoms with E-state index < -0.39 is 17.2 Å². The molecule has 0 atom stereocenters. The van der Waals surface area contributed by atoms with Gasteiger partial charge in [0, 0.05) is 11.5 Å². The minimum absolute atomic E-state index is 0.256. The van der Waals surface area contributed by atoms with E-state index in [0.29, 0.717) is 16.5 Å². The number of aromatic nitrogens is 2. The number of fused-ring (bicyclic) bond motifs is 1. The van der Waals surface area contributed by atoms with Gasteiger partial charge in [0.1, 0.15) is 0 Å². The number of esters is 1. The summed E-state index contributed by atoms with van der Waals surface area (Å²) in [7, 11) is 0. The van der Waals surface area contributed by atoms with Crippen LogP contribution in [0.1, 0.15) is 12.5 Å². The van der Waals surface area contributed by atoms with Crippen LogP contribution in [0.2, 0.25) is 0 Å². The van der Waals surface area contributed by atoms with Crippen molar-refractivity contribution in [2.24, 2.45) is 0 Å². The standard InChI is InChI=1S/C13H10N2O4/c1-2-19-11(16)6-4-8-3-5-10-9(7-8)12(17)15-13(18)14-10/h3,5,7H,2H2,1H3,(H2,14,15,17,18). The fraction of sp³-hybridized carbons (Fsp3) is 0.154. The number of nitrogens with one attached hydrogen (secondary N) is 2. The summed E-state index contributed by atoms with van der Waals surface area (Å²) in [4.78, 5) is 38.3. The van der Waals surface area contributed by atoms with Gasteiger partial charge in [-0.25, -0.2) is 9.59 Å². The molecule has 96 valence electrons. The smallest absolute Gasteiger partial charge is 0.384 e. The van der Waals surface area contributed by atoms with E-state index in [1.807, 2.05) is 0 Å². The molecular weight excluding hydrogens is 248 g/mol. The third kappa shape index (κ3) is 2.90. The molecule has 0 fully saturated rings. The lowest BCUT2D eigenvalue weighted by atomic mass is 10.1. The Morgan fingerprint density at radius 2 is 2.11 bits per heavy atom. The fourth-order valence-electron chi connectivity index (χ4n) is 1.53. The maximum atomic E-state index is 11.6. The third-order valence-corrected chi connectivity index (χ3v) is 2.32. The van der Waals surface area contributed by atoms with Crippen LogP contribution in [-0.2, 0) is 9.53 Å². The van der Waals surface area contributed by atoms with E-state index in [1.54, 1.807) is 19.1 Å². The molecule has 2 aromatic rings. The number of aromatic amines is 2. The second-order valence-electron chi connectivity index (χ2n) is 3.64. The number of hydrogen-bond acceptors (Lipinski definition) is 4. The highest BCUT2D eigenvalue weighted by molar-refractivity contribution is 5.89. The van der Waals surface area contributed by atoms with Crippen molar-refractivity contribution >= 4 is 16.9 Å². The van der Waals surface area contributed by atoms with Crippen molar-refractivity contribution in [2.45, 2.75) is 6.92 Å². The minimum Gasteiger partial charge on any atom is -0.456 e. The van der Waals surface area contributed by atoms with Gasteiger partial charge in [0.25, 0.3) is 5.56 Å². The molecule has 0 spiro atoms. The van der Waals surface area contributed by atoms with Crippen molar-refractivity contribution in [2.75, 3.05) is 6.61 Å². The van der Waals surface area contributed by atoms with Gasteiger partial charge in [-0.05, 0) is 25.1 Å². The number of carbonyl (C=O) groups excluding carboxylic acids is 1. The molecule has 0 amide bonds. The van der Waals surface area contributed by atoms with Crippen molar-refractivity contribution in [1.82, 2.24) is 9.97 Å². The van der Waals surface area contributed by atoms with E-state index in [0.717, 1.165) is 0 Å². The predicted octanol–water partition coefficient (Wildman–Crippen LogP) is 0.131. The maximum Gasteiger partial charge on any atom is 0.384 e. The molecule has 0 aliphatic rings. The molecule has 1 heterocycles. The third-order valence-electron chi connectivity index (χ3n) is 2.32. The summed E-state index contributed by atoms with van der Waals surface area (Å²) in [6.45, 7) is 1.94. The largest absolute Gasteiger partial charge is 0.456 e. The average molecular weight is 258 g/mol. The Hall–Kier alpha value is -2.81. The molecule has 2 N–H and O–H groups in total. The van der Waals surface area contributed by atoms with Gasteiger partial charge >= 0.3 is 11.7 Å². The number of carbonyl (C=O) groups is 1. The Balaban J connectivity index is 2.45. The van der Waals surface area contributed by atoms with Crippen LogP contribution in [0, 0.1) is 11.8 Å². The summed E-state index contributed by atoms with van der Waals surface area (Å²) in [6.07, 6.45) is 0. The molecule has 19 heavy (non-hydrogen) atoms. The van der Waals surface area contributed by atoms with Gasteiger partial charge in [0.2, 0.25) is 0 Å². The van der Waals surface area contributed by atoms with Crippen molar-refractivity contribution in [1.29, 1.82) is 0 Å². The van der Waals surface area contributed by atoms with Gasteiger partial charge in [0.05, 0.1) is 17.5 Å². The molecule has 6 nitrogen and oxygen atoms in total.